The number of nitrogens with zero attached hydrogens (tertiary/aromatic N) is 4. The molecule has 19 heavy (non-hydrogen) atoms. The number of aliphatic hydroxyl groups excluding tert-OH is 1. The van der Waals surface area contributed by atoms with Gasteiger partial charge in [0.05, 0.1) is 6.61 Å². The fourth-order valence-corrected chi connectivity index (χ4v) is 2.25. The monoisotopic (exact) mass is 280 g/mol. The number of aromatic nitrogens is 4. The van der Waals surface area contributed by atoms with Crippen LogP contribution in [0.3, 0.4) is 0 Å². The molecule has 0 aliphatic heterocycles. The summed E-state index contributed by atoms with van der Waals surface area (Å²) < 4.78 is 1.25. The Morgan fingerprint density at radius 2 is 1.95 bits per heavy atom. The molecular formula is C11H12N4O3S. The number of aliphatic hydroxyl groups is 1. The van der Waals surface area contributed by atoms with E-state index in [0.717, 1.165) is 11.1 Å². The predicted octanol–water partition coefficient (Wildman–Crippen LogP) is 0.542. The number of hydrogen-bond donors (Lipinski definition) is 2. The summed E-state index contributed by atoms with van der Waals surface area (Å²) >= 11 is 1.36. The first-order valence-electron chi connectivity index (χ1n) is 5.48. The van der Waals surface area contributed by atoms with Crippen LogP contribution in [0.15, 0.2) is 29.4 Å². The minimum Gasteiger partial charge on any atom is -0.480 e. The molecule has 0 fully saturated rings. The summed E-state index contributed by atoms with van der Waals surface area (Å²) in [6.07, 6.45) is 0. The van der Waals surface area contributed by atoms with Crippen molar-refractivity contribution in [1.29, 1.82) is 0 Å². The lowest BCUT2D eigenvalue weighted by Crippen LogP contribution is -2.11. The normalized spacial score (nSPS) is 10.6. The molecule has 0 bridgehead atoms. The number of benzene rings is 1. The van der Waals surface area contributed by atoms with Crippen LogP contribution in [0.5, 0.6) is 0 Å². The second-order valence-corrected chi connectivity index (χ2v) is 4.72. The number of aliphatic carboxylic acids is 1. The molecule has 1 aromatic heterocycles. The molecule has 7 nitrogen and oxygen atoms in total. The molecule has 0 unspecified atom stereocenters. The van der Waals surface area contributed by atoms with Crippen LogP contribution in [0.4, 0.5) is 0 Å². The molecule has 2 N–H and O–H groups in total. The van der Waals surface area contributed by atoms with Gasteiger partial charge in [-0.25, -0.2) is 4.68 Å². The van der Waals surface area contributed by atoms with Gasteiger partial charge in [-0.15, -0.1) is 5.10 Å². The van der Waals surface area contributed by atoms with Crippen molar-refractivity contribution in [3.63, 3.8) is 0 Å². The lowest BCUT2D eigenvalue weighted by Gasteiger charge is -2.03. The van der Waals surface area contributed by atoms with Crippen LogP contribution in [0.1, 0.15) is 11.1 Å². The summed E-state index contributed by atoms with van der Waals surface area (Å²) in [5.41, 5.74) is 1.90. The summed E-state index contributed by atoms with van der Waals surface area (Å²) in [6, 6.07) is 7.50. The van der Waals surface area contributed by atoms with E-state index in [0.29, 0.717) is 10.9 Å². The molecule has 0 saturated heterocycles. The molecule has 0 aliphatic carbocycles. The van der Waals surface area contributed by atoms with Crippen molar-refractivity contribution in [3.8, 4) is 0 Å². The summed E-state index contributed by atoms with van der Waals surface area (Å²) in [7, 11) is 0. The summed E-state index contributed by atoms with van der Waals surface area (Å²) in [5.74, 6) is -0.354. The Balaban J connectivity index is 1.98. The van der Waals surface area contributed by atoms with E-state index in [4.69, 9.17) is 10.2 Å². The van der Waals surface area contributed by atoms with Crippen LogP contribution in [0.25, 0.3) is 0 Å². The Labute approximate surface area is 113 Å². The topological polar surface area (TPSA) is 101 Å². The number of carboxylic acid groups (broad SMARTS) is 1. The molecule has 0 spiro atoms. The largest absolute Gasteiger partial charge is 0.480 e. The van der Waals surface area contributed by atoms with Crippen molar-refractivity contribution in [2.24, 2.45) is 0 Å². The van der Waals surface area contributed by atoms with Gasteiger partial charge in [-0.05, 0) is 21.6 Å². The molecule has 0 aliphatic rings. The molecule has 0 amide bonds. The third-order valence-electron chi connectivity index (χ3n) is 2.36. The van der Waals surface area contributed by atoms with Gasteiger partial charge in [-0.3, -0.25) is 4.79 Å². The summed E-state index contributed by atoms with van der Waals surface area (Å²) in [6.45, 7) is -0.233. The van der Waals surface area contributed by atoms with E-state index >= 15 is 0 Å². The Bertz CT molecular complexity index is 555. The van der Waals surface area contributed by atoms with Gasteiger partial charge in [-0.2, -0.15) is 0 Å². The van der Waals surface area contributed by atoms with E-state index in [1.54, 1.807) is 0 Å². The fourth-order valence-electron chi connectivity index (χ4n) is 1.42. The van der Waals surface area contributed by atoms with Crippen molar-refractivity contribution in [1.82, 2.24) is 20.2 Å². The van der Waals surface area contributed by atoms with Gasteiger partial charge in [0.15, 0.2) is 0 Å². The Hall–Kier alpha value is -1.93. The SMILES string of the molecule is O=C(O)Cn1nnnc1SCc1ccc(CO)cc1. The first-order valence-corrected chi connectivity index (χ1v) is 6.47. The van der Waals surface area contributed by atoms with Crippen molar-refractivity contribution in [2.75, 3.05) is 0 Å². The minimum absolute atomic E-state index is 0.0181. The van der Waals surface area contributed by atoms with E-state index < -0.39 is 5.97 Å². The zero-order valence-corrected chi connectivity index (χ0v) is 10.7. The summed E-state index contributed by atoms with van der Waals surface area (Å²) in [5, 5.41) is 29.0. The van der Waals surface area contributed by atoms with Gasteiger partial charge in [-0.1, -0.05) is 36.0 Å². The summed E-state index contributed by atoms with van der Waals surface area (Å²) in [4.78, 5) is 10.6. The number of carboxylic acids is 1. The highest BCUT2D eigenvalue weighted by molar-refractivity contribution is 7.98. The first-order chi connectivity index (χ1) is 9.19. The minimum atomic E-state index is -0.985. The van der Waals surface area contributed by atoms with Crippen LogP contribution >= 0.6 is 11.8 Å². The lowest BCUT2D eigenvalue weighted by atomic mass is 10.2. The van der Waals surface area contributed by atoms with E-state index in [1.807, 2.05) is 24.3 Å². The van der Waals surface area contributed by atoms with Gasteiger partial charge in [0.2, 0.25) is 5.16 Å². The number of thioether (sulfide) groups is 1. The molecule has 1 heterocycles. The molecule has 1 aromatic carbocycles. The zero-order valence-electron chi connectivity index (χ0n) is 9.93. The van der Waals surface area contributed by atoms with Crippen LogP contribution in [0.2, 0.25) is 0 Å². The molecule has 0 saturated carbocycles. The fraction of sp³-hybridized carbons (Fsp3) is 0.273. The average molecular weight is 280 g/mol. The van der Waals surface area contributed by atoms with Crippen molar-refractivity contribution >= 4 is 17.7 Å². The molecule has 0 atom stereocenters. The van der Waals surface area contributed by atoms with E-state index in [9.17, 15) is 4.79 Å². The average Bonchev–Trinajstić information content (AvgIpc) is 2.83. The van der Waals surface area contributed by atoms with Crippen LogP contribution in [0, 0.1) is 0 Å². The maximum atomic E-state index is 10.6. The second-order valence-electron chi connectivity index (χ2n) is 3.78. The van der Waals surface area contributed by atoms with Crippen LogP contribution < -0.4 is 0 Å². The highest BCUT2D eigenvalue weighted by Crippen LogP contribution is 2.20. The molecule has 2 rings (SSSR count). The van der Waals surface area contributed by atoms with Gasteiger partial charge in [0.25, 0.3) is 0 Å². The highest BCUT2D eigenvalue weighted by Gasteiger charge is 2.09. The molecule has 2 aromatic rings. The maximum Gasteiger partial charge on any atom is 0.325 e. The van der Waals surface area contributed by atoms with Gasteiger partial charge in [0, 0.05) is 5.75 Å². The van der Waals surface area contributed by atoms with Crippen molar-refractivity contribution in [2.45, 2.75) is 24.1 Å². The molecule has 100 valence electrons. The van der Waals surface area contributed by atoms with Crippen LogP contribution in [-0.4, -0.2) is 36.4 Å². The van der Waals surface area contributed by atoms with E-state index in [2.05, 4.69) is 15.5 Å². The van der Waals surface area contributed by atoms with Gasteiger partial charge >= 0.3 is 5.97 Å². The van der Waals surface area contributed by atoms with Crippen molar-refractivity contribution in [3.05, 3.63) is 35.4 Å². The first kappa shape index (κ1) is 13.5. The zero-order chi connectivity index (χ0) is 13.7. The Kier molecular flexibility index (Phi) is 4.48. The maximum absolute atomic E-state index is 10.6. The quantitative estimate of drug-likeness (QED) is 0.745. The molecule has 8 heteroatoms. The molecular weight excluding hydrogens is 268 g/mol. The lowest BCUT2D eigenvalue weighted by molar-refractivity contribution is -0.138. The third kappa shape index (κ3) is 3.76. The number of carbonyl (C=O) groups is 1. The van der Waals surface area contributed by atoms with E-state index in [1.165, 1.54) is 16.4 Å². The second kappa shape index (κ2) is 6.30. The standard InChI is InChI=1S/C11H12N4O3S/c16-6-8-1-3-9(4-2-8)7-19-11-12-13-14-15(11)5-10(17)18/h1-4,16H,5-7H2,(H,17,18). The highest BCUT2D eigenvalue weighted by atomic mass is 32.2. The molecule has 0 radical (unpaired) electrons. The smallest absolute Gasteiger partial charge is 0.325 e. The van der Waals surface area contributed by atoms with Gasteiger partial charge < -0.3 is 10.2 Å². The predicted molar refractivity (Wildman–Crippen MR) is 67.4 cm³/mol. The number of hydrogen-bond acceptors (Lipinski definition) is 6. The third-order valence-corrected chi connectivity index (χ3v) is 3.39. The van der Waals surface area contributed by atoms with Crippen LogP contribution in [-0.2, 0) is 23.7 Å². The Morgan fingerprint density at radius 3 is 2.58 bits per heavy atom. The van der Waals surface area contributed by atoms with E-state index in [-0.39, 0.29) is 13.2 Å². The number of rotatable bonds is 6. The van der Waals surface area contributed by atoms with Gasteiger partial charge in [0.1, 0.15) is 6.54 Å². The van der Waals surface area contributed by atoms with Crippen molar-refractivity contribution < 1.29 is 15.0 Å². The Morgan fingerprint density at radius 1 is 1.26 bits per heavy atom. The number of tetrazole rings is 1.